The first-order valence-corrected chi connectivity index (χ1v) is 11.4. The van der Waals surface area contributed by atoms with Crippen molar-refractivity contribution in [1.29, 1.82) is 0 Å². The van der Waals surface area contributed by atoms with E-state index in [1.165, 1.54) is 10.6 Å². The van der Waals surface area contributed by atoms with Crippen LogP contribution < -0.4 is 5.32 Å². The third-order valence-corrected chi connectivity index (χ3v) is 6.26. The number of furan rings is 1. The monoisotopic (exact) mass is 445 g/mol. The molecule has 8 nitrogen and oxygen atoms in total. The van der Waals surface area contributed by atoms with E-state index in [0.29, 0.717) is 12.0 Å². The molecule has 3 rings (SSSR count). The quantitative estimate of drug-likeness (QED) is 0.527. The summed E-state index contributed by atoms with van der Waals surface area (Å²) >= 11 is 0. The molecule has 0 fully saturated rings. The minimum atomic E-state index is -3.77. The third-order valence-electron chi connectivity index (χ3n) is 4.42. The van der Waals surface area contributed by atoms with Crippen LogP contribution in [-0.2, 0) is 21.3 Å². The molecule has 0 spiro atoms. The van der Waals surface area contributed by atoms with Crippen molar-refractivity contribution in [3.8, 4) is 0 Å². The van der Waals surface area contributed by atoms with E-state index in [1.54, 1.807) is 69.6 Å². The maximum atomic E-state index is 13.4. The molecular formula is C22H27N3O5S. The molecule has 1 N–H and O–H groups in total. The molecule has 0 bridgehead atoms. The van der Waals surface area contributed by atoms with Crippen LogP contribution in [0.2, 0.25) is 0 Å². The molecular weight excluding hydrogens is 418 g/mol. The van der Waals surface area contributed by atoms with E-state index in [2.05, 4.69) is 10.3 Å². The molecule has 0 radical (unpaired) electrons. The number of hydrogen-bond donors (Lipinski definition) is 1. The molecule has 2 heterocycles. The molecule has 1 aromatic carbocycles. The van der Waals surface area contributed by atoms with Gasteiger partial charge in [0, 0.05) is 37.4 Å². The Labute approximate surface area is 182 Å². The molecule has 0 aliphatic carbocycles. The highest BCUT2D eigenvalue weighted by molar-refractivity contribution is 7.89. The van der Waals surface area contributed by atoms with Gasteiger partial charge in [0.25, 0.3) is 0 Å². The minimum absolute atomic E-state index is 0.190. The van der Waals surface area contributed by atoms with E-state index in [4.69, 9.17) is 9.15 Å². The Morgan fingerprint density at radius 1 is 1.16 bits per heavy atom. The Morgan fingerprint density at radius 2 is 1.90 bits per heavy atom. The van der Waals surface area contributed by atoms with Gasteiger partial charge in [-0.2, -0.15) is 4.31 Å². The Bertz CT molecular complexity index is 1120. The van der Waals surface area contributed by atoms with Crippen LogP contribution >= 0.6 is 0 Å². The number of amides is 1. The summed E-state index contributed by atoms with van der Waals surface area (Å²) in [5.41, 5.74) is 0.858. The standard InChI is InChI=1S/C22H27N3O5S/c1-22(2,3)30-21(26)24-10-4-13-25(16-17-7-11-23-12-8-17)31(27,28)19-5-6-20-18(15-19)9-14-29-20/h5-9,11-12,14-15H,4,10,13,16H2,1-3H3,(H,24,26). The molecule has 9 heteroatoms. The zero-order valence-electron chi connectivity index (χ0n) is 17.9. The first kappa shape index (κ1) is 22.8. The number of pyridine rings is 1. The average Bonchev–Trinajstić information content (AvgIpc) is 3.17. The number of sulfonamides is 1. The first-order valence-electron chi connectivity index (χ1n) is 9.98. The van der Waals surface area contributed by atoms with Crippen LogP contribution in [0.15, 0.2) is 64.4 Å². The molecule has 3 aromatic rings. The summed E-state index contributed by atoms with van der Waals surface area (Å²) < 4.78 is 38.7. The molecule has 2 aromatic heterocycles. The summed E-state index contributed by atoms with van der Waals surface area (Å²) in [5, 5.41) is 3.38. The van der Waals surface area contributed by atoms with Crippen molar-refractivity contribution >= 4 is 27.1 Å². The zero-order chi connectivity index (χ0) is 22.5. The fraction of sp³-hybridized carbons (Fsp3) is 0.364. The first-order chi connectivity index (χ1) is 14.6. The van der Waals surface area contributed by atoms with E-state index in [0.717, 1.165) is 10.9 Å². The fourth-order valence-corrected chi connectivity index (χ4v) is 4.49. The van der Waals surface area contributed by atoms with Crippen LogP contribution in [0.1, 0.15) is 32.8 Å². The van der Waals surface area contributed by atoms with Gasteiger partial charge in [0.05, 0.1) is 11.2 Å². The second kappa shape index (κ2) is 9.49. The number of ether oxygens (including phenoxy) is 1. The summed E-state index contributed by atoms with van der Waals surface area (Å²) in [7, 11) is -3.77. The number of alkyl carbamates (subject to hydrolysis) is 1. The lowest BCUT2D eigenvalue weighted by Crippen LogP contribution is -2.36. The second-order valence-electron chi connectivity index (χ2n) is 8.10. The van der Waals surface area contributed by atoms with E-state index >= 15 is 0 Å². The maximum Gasteiger partial charge on any atom is 0.407 e. The Kier molecular flexibility index (Phi) is 6.97. The number of nitrogens with one attached hydrogen (secondary N) is 1. The van der Waals surface area contributed by atoms with Crippen molar-refractivity contribution in [3.63, 3.8) is 0 Å². The van der Waals surface area contributed by atoms with Gasteiger partial charge in [0.15, 0.2) is 0 Å². The Morgan fingerprint density at radius 3 is 2.61 bits per heavy atom. The molecule has 0 saturated carbocycles. The van der Waals surface area contributed by atoms with E-state index in [9.17, 15) is 13.2 Å². The summed E-state index contributed by atoms with van der Waals surface area (Å²) in [5.74, 6) is 0. The van der Waals surface area contributed by atoms with Crippen LogP contribution in [0.3, 0.4) is 0 Å². The lowest BCUT2D eigenvalue weighted by molar-refractivity contribution is 0.0526. The van der Waals surface area contributed by atoms with Crippen LogP contribution in [0.5, 0.6) is 0 Å². The fourth-order valence-electron chi connectivity index (χ4n) is 2.99. The molecule has 0 unspecified atom stereocenters. The summed E-state index contributed by atoms with van der Waals surface area (Å²) in [6.45, 7) is 6.06. The van der Waals surface area contributed by atoms with Gasteiger partial charge in [0.1, 0.15) is 11.2 Å². The molecule has 0 atom stereocenters. The van der Waals surface area contributed by atoms with Crippen molar-refractivity contribution in [2.45, 2.75) is 44.2 Å². The van der Waals surface area contributed by atoms with E-state index < -0.39 is 21.7 Å². The molecule has 0 aliphatic heterocycles. The van der Waals surface area contributed by atoms with Crippen molar-refractivity contribution in [1.82, 2.24) is 14.6 Å². The van der Waals surface area contributed by atoms with Crippen LogP contribution in [-0.4, -0.2) is 42.5 Å². The maximum absolute atomic E-state index is 13.4. The van der Waals surface area contributed by atoms with Gasteiger partial charge < -0.3 is 14.5 Å². The summed E-state index contributed by atoms with van der Waals surface area (Å²) in [4.78, 5) is 16.0. The van der Waals surface area contributed by atoms with Gasteiger partial charge in [0.2, 0.25) is 10.0 Å². The molecule has 166 valence electrons. The van der Waals surface area contributed by atoms with E-state index in [-0.39, 0.29) is 24.5 Å². The van der Waals surface area contributed by atoms with Gasteiger partial charge in [-0.05, 0) is 69.2 Å². The number of nitrogens with zero attached hydrogens (tertiary/aromatic N) is 2. The second-order valence-corrected chi connectivity index (χ2v) is 10.0. The number of aromatic nitrogens is 1. The predicted octanol–water partition coefficient (Wildman–Crippen LogP) is 3.93. The van der Waals surface area contributed by atoms with Gasteiger partial charge in [-0.3, -0.25) is 4.98 Å². The van der Waals surface area contributed by atoms with Gasteiger partial charge in [-0.1, -0.05) is 0 Å². The van der Waals surface area contributed by atoms with Crippen molar-refractivity contribution < 1.29 is 22.4 Å². The Hall–Kier alpha value is -2.91. The van der Waals surface area contributed by atoms with Crippen LogP contribution in [0, 0.1) is 0 Å². The SMILES string of the molecule is CC(C)(C)OC(=O)NCCCN(Cc1ccncc1)S(=O)(=O)c1ccc2occc2c1. The number of carbonyl (C=O) groups is 1. The van der Waals surface area contributed by atoms with Crippen LogP contribution in [0.4, 0.5) is 4.79 Å². The number of fused-ring (bicyclic) bond motifs is 1. The number of carbonyl (C=O) groups excluding carboxylic acids is 1. The van der Waals surface area contributed by atoms with Crippen LogP contribution in [0.25, 0.3) is 11.0 Å². The molecule has 0 aliphatic rings. The zero-order valence-corrected chi connectivity index (χ0v) is 18.7. The molecule has 31 heavy (non-hydrogen) atoms. The average molecular weight is 446 g/mol. The molecule has 1 amide bonds. The summed E-state index contributed by atoms with van der Waals surface area (Å²) in [6, 6.07) is 10.1. The normalized spacial score (nSPS) is 12.3. The smallest absolute Gasteiger partial charge is 0.407 e. The van der Waals surface area contributed by atoms with Gasteiger partial charge in [-0.15, -0.1) is 0 Å². The topological polar surface area (TPSA) is 102 Å². The molecule has 0 saturated heterocycles. The van der Waals surface area contributed by atoms with Crippen molar-refractivity contribution in [2.24, 2.45) is 0 Å². The van der Waals surface area contributed by atoms with Crippen molar-refractivity contribution in [3.05, 3.63) is 60.6 Å². The Balaban J connectivity index is 1.73. The highest BCUT2D eigenvalue weighted by Gasteiger charge is 2.25. The number of rotatable bonds is 8. The third kappa shape index (κ3) is 6.28. The largest absolute Gasteiger partial charge is 0.464 e. The van der Waals surface area contributed by atoms with Gasteiger partial charge >= 0.3 is 6.09 Å². The lowest BCUT2D eigenvalue weighted by atomic mass is 10.2. The minimum Gasteiger partial charge on any atom is -0.464 e. The highest BCUT2D eigenvalue weighted by Crippen LogP contribution is 2.24. The van der Waals surface area contributed by atoms with Gasteiger partial charge in [-0.25, -0.2) is 13.2 Å². The number of hydrogen-bond acceptors (Lipinski definition) is 6. The lowest BCUT2D eigenvalue weighted by Gasteiger charge is -2.23. The highest BCUT2D eigenvalue weighted by atomic mass is 32.2. The van der Waals surface area contributed by atoms with Crippen molar-refractivity contribution in [2.75, 3.05) is 13.1 Å². The van der Waals surface area contributed by atoms with E-state index in [1.807, 2.05) is 0 Å². The predicted molar refractivity (Wildman–Crippen MR) is 117 cm³/mol. The number of benzene rings is 1. The summed E-state index contributed by atoms with van der Waals surface area (Å²) in [6.07, 6.45) is 4.68.